The van der Waals surface area contributed by atoms with Gasteiger partial charge in [0.05, 0.1) is 17.8 Å². The smallest absolute Gasteiger partial charge is 0.255 e. The first-order valence-electron chi connectivity index (χ1n) is 10.1. The van der Waals surface area contributed by atoms with Crippen LogP contribution >= 0.6 is 12.2 Å². The van der Waals surface area contributed by atoms with Gasteiger partial charge in [-0.2, -0.15) is 10.2 Å². The highest BCUT2D eigenvalue weighted by Crippen LogP contribution is 2.26. The number of nitrogens with zero attached hydrogens (tertiary/aromatic N) is 4. The first-order valence-corrected chi connectivity index (χ1v) is 10.5. The maximum atomic E-state index is 13.2. The van der Waals surface area contributed by atoms with Gasteiger partial charge in [0.25, 0.3) is 5.91 Å². The summed E-state index contributed by atoms with van der Waals surface area (Å²) in [6.45, 7) is 7.05. The summed E-state index contributed by atoms with van der Waals surface area (Å²) in [4.78, 5) is 13.2. The van der Waals surface area contributed by atoms with Gasteiger partial charge in [-0.05, 0) is 62.3 Å². The molecule has 0 radical (unpaired) electrons. The third-order valence-electron chi connectivity index (χ3n) is 5.32. The lowest BCUT2D eigenvalue weighted by atomic mass is 10.0. The highest BCUT2D eigenvalue weighted by molar-refractivity contribution is 7.71. The molecule has 2 heterocycles. The van der Waals surface area contributed by atoms with Crippen LogP contribution in [0.5, 0.6) is 0 Å². The van der Waals surface area contributed by atoms with E-state index in [1.807, 2.05) is 54.0 Å². The zero-order chi connectivity index (χ0) is 22.0. The average molecular weight is 433 g/mol. The molecule has 0 unspecified atom stereocenters. The summed E-state index contributed by atoms with van der Waals surface area (Å²) in [5, 5.41) is 14.7. The molecule has 2 N–H and O–H groups in total. The monoisotopic (exact) mass is 432 g/mol. The summed E-state index contributed by atoms with van der Waals surface area (Å²) >= 11 is 5.23. The number of carbonyl (C=O) groups excluding carboxylic acids is 1. The lowest BCUT2D eigenvalue weighted by Gasteiger charge is -2.07. The van der Waals surface area contributed by atoms with Gasteiger partial charge in [0.1, 0.15) is 5.69 Å². The SMILES string of the molecule is CCn1c(CNC(=O)c2cn(-c3ccccc3)nc2-c2ccc(C)c(C)c2)n[nH]c1=S. The molecule has 0 fully saturated rings. The van der Waals surface area contributed by atoms with E-state index in [4.69, 9.17) is 17.3 Å². The molecule has 2 aromatic carbocycles. The Morgan fingerprint density at radius 2 is 1.90 bits per heavy atom. The first kappa shape index (κ1) is 20.7. The van der Waals surface area contributed by atoms with Gasteiger partial charge in [-0.1, -0.05) is 30.3 Å². The van der Waals surface area contributed by atoms with Crippen molar-refractivity contribution in [2.24, 2.45) is 0 Å². The van der Waals surface area contributed by atoms with Gasteiger partial charge >= 0.3 is 0 Å². The van der Waals surface area contributed by atoms with E-state index in [1.165, 1.54) is 5.56 Å². The Hall–Kier alpha value is -3.52. The molecule has 4 aromatic rings. The van der Waals surface area contributed by atoms with Crippen LogP contribution < -0.4 is 5.32 Å². The number of H-pyrrole nitrogens is 1. The molecule has 2 aromatic heterocycles. The number of hydrogen-bond acceptors (Lipinski definition) is 4. The predicted molar refractivity (Wildman–Crippen MR) is 123 cm³/mol. The Bertz CT molecular complexity index is 1290. The van der Waals surface area contributed by atoms with Crippen molar-refractivity contribution in [1.82, 2.24) is 29.9 Å². The van der Waals surface area contributed by atoms with E-state index in [1.54, 1.807) is 10.9 Å². The van der Waals surface area contributed by atoms with Crippen molar-refractivity contribution in [1.29, 1.82) is 0 Å². The predicted octanol–water partition coefficient (Wildman–Crippen LogP) is 4.36. The summed E-state index contributed by atoms with van der Waals surface area (Å²) in [6, 6.07) is 15.9. The minimum atomic E-state index is -0.216. The maximum Gasteiger partial charge on any atom is 0.255 e. The Morgan fingerprint density at radius 1 is 1.13 bits per heavy atom. The number of para-hydroxylation sites is 1. The van der Waals surface area contributed by atoms with Gasteiger partial charge in [-0.3, -0.25) is 9.89 Å². The standard InChI is InChI=1S/C23H24N6OS/c1-4-28-20(25-26-23(28)31)13-24-22(30)19-14-29(18-8-6-5-7-9-18)27-21(19)17-11-10-15(2)16(3)12-17/h5-12,14H,4,13H2,1-3H3,(H,24,30)(H,26,31). The van der Waals surface area contributed by atoms with Crippen LogP contribution in [0.15, 0.2) is 54.7 Å². The molecule has 0 aliphatic heterocycles. The van der Waals surface area contributed by atoms with Crippen LogP contribution in [-0.2, 0) is 13.1 Å². The second kappa shape index (κ2) is 8.69. The Morgan fingerprint density at radius 3 is 2.61 bits per heavy atom. The Kier molecular flexibility index (Phi) is 5.81. The number of rotatable bonds is 6. The lowest BCUT2D eigenvalue weighted by Crippen LogP contribution is -2.25. The molecule has 0 bridgehead atoms. The van der Waals surface area contributed by atoms with Gasteiger partial charge in [-0.15, -0.1) is 0 Å². The van der Waals surface area contributed by atoms with Gasteiger partial charge in [0, 0.05) is 18.3 Å². The minimum absolute atomic E-state index is 0.216. The van der Waals surface area contributed by atoms with Crippen molar-refractivity contribution in [3.05, 3.63) is 82.0 Å². The van der Waals surface area contributed by atoms with E-state index in [0.29, 0.717) is 28.4 Å². The van der Waals surface area contributed by atoms with Crippen molar-refractivity contribution < 1.29 is 4.79 Å². The molecule has 158 valence electrons. The molecule has 4 rings (SSSR count). The zero-order valence-corrected chi connectivity index (χ0v) is 18.5. The molecule has 1 amide bonds. The topological polar surface area (TPSA) is 80.5 Å². The number of carbonyl (C=O) groups is 1. The number of aromatic amines is 1. The lowest BCUT2D eigenvalue weighted by molar-refractivity contribution is 0.0950. The normalized spacial score (nSPS) is 10.9. The van der Waals surface area contributed by atoms with Gasteiger partial charge in [0.15, 0.2) is 10.6 Å². The van der Waals surface area contributed by atoms with Crippen LogP contribution in [0, 0.1) is 18.6 Å². The van der Waals surface area contributed by atoms with Gasteiger partial charge < -0.3 is 9.88 Å². The second-order valence-electron chi connectivity index (χ2n) is 7.34. The molecule has 0 aliphatic carbocycles. The van der Waals surface area contributed by atoms with Crippen LogP contribution in [0.3, 0.4) is 0 Å². The molecule has 0 atom stereocenters. The van der Waals surface area contributed by atoms with Gasteiger partial charge in [-0.25, -0.2) is 4.68 Å². The van der Waals surface area contributed by atoms with E-state index in [9.17, 15) is 4.79 Å². The molecule has 0 spiro atoms. The summed E-state index contributed by atoms with van der Waals surface area (Å²) in [7, 11) is 0. The fraction of sp³-hybridized carbons (Fsp3) is 0.217. The summed E-state index contributed by atoms with van der Waals surface area (Å²) in [6.07, 6.45) is 1.77. The molecular weight excluding hydrogens is 408 g/mol. The number of aryl methyl sites for hydroxylation is 2. The Labute approximate surface area is 185 Å². The van der Waals surface area contributed by atoms with Crippen molar-refractivity contribution in [2.75, 3.05) is 0 Å². The number of nitrogens with one attached hydrogen (secondary N) is 2. The highest BCUT2D eigenvalue weighted by atomic mass is 32.1. The average Bonchev–Trinajstić information content (AvgIpc) is 3.38. The van der Waals surface area contributed by atoms with Crippen molar-refractivity contribution in [3.8, 4) is 16.9 Å². The van der Waals surface area contributed by atoms with Gasteiger partial charge in [0.2, 0.25) is 0 Å². The van der Waals surface area contributed by atoms with Crippen LogP contribution in [0.1, 0.15) is 34.2 Å². The second-order valence-corrected chi connectivity index (χ2v) is 7.73. The van der Waals surface area contributed by atoms with E-state index in [2.05, 4.69) is 35.4 Å². The van der Waals surface area contributed by atoms with E-state index in [-0.39, 0.29) is 12.5 Å². The number of hydrogen-bond donors (Lipinski definition) is 2. The van der Waals surface area contributed by atoms with Crippen molar-refractivity contribution >= 4 is 18.1 Å². The van der Waals surface area contributed by atoms with Crippen LogP contribution in [0.2, 0.25) is 0 Å². The summed E-state index contributed by atoms with van der Waals surface area (Å²) in [5.41, 5.74) is 5.27. The fourth-order valence-corrected chi connectivity index (χ4v) is 3.70. The quantitative estimate of drug-likeness (QED) is 0.444. The zero-order valence-electron chi connectivity index (χ0n) is 17.7. The molecule has 7 nitrogen and oxygen atoms in total. The van der Waals surface area contributed by atoms with E-state index < -0.39 is 0 Å². The van der Waals surface area contributed by atoms with Crippen LogP contribution in [0.25, 0.3) is 16.9 Å². The largest absolute Gasteiger partial charge is 0.345 e. The third-order valence-corrected chi connectivity index (χ3v) is 5.63. The number of benzene rings is 2. The van der Waals surface area contributed by atoms with Crippen molar-refractivity contribution in [3.63, 3.8) is 0 Å². The Balaban J connectivity index is 1.70. The fourth-order valence-electron chi connectivity index (χ4n) is 3.42. The van der Waals surface area contributed by atoms with Crippen LogP contribution in [-0.4, -0.2) is 30.5 Å². The van der Waals surface area contributed by atoms with E-state index in [0.717, 1.165) is 16.8 Å². The molecular formula is C23H24N6OS. The molecule has 0 aliphatic rings. The van der Waals surface area contributed by atoms with Crippen LogP contribution in [0.4, 0.5) is 0 Å². The molecule has 8 heteroatoms. The van der Waals surface area contributed by atoms with E-state index >= 15 is 0 Å². The number of aromatic nitrogens is 5. The molecule has 0 saturated carbocycles. The summed E-state index contributed by atoms with van der Waals surface area (Å²) in [5.74, 6) is 0.469. The van der Waals surface area contributed by atoms with Crippen molar-refractivity contribution in [2.45, 2.75) is 33.9 Å². The minimum Gasteiger partial charge on any atom is -0.345 e. The molecule has 31 heavy (non-hydrogen) atoms. The number of amides is 1. The molecule has 0 saturated heterocycles. The summed E-state index contributed by atoms with van der Waals surface area (Å²) < 4.78 is 4.13. The highest BCUT2D eigenvalue weighted by Gasteiger charge is 2.19. The third kappa shape index (κ3) is 4.20. The maximum absolute atomic E-state index is 13.2. The first-order chi connectivity index (χ1) is 15.0.